The van der Waals surface area contributed by atoms with Crippen LogP contribution in [-0.4, -0.2) is 51.2 Å². The number of hydrogen-bond donors (Lipinski definition) is 0. The number of fused-ring (bicyclic) bond motifs is 1. The van der Waals surface area contributed by atoms with Crippen LogP contribution >= 0.6 is 0 Å². The minimum atomic E-state index is -3.62. The summed E-state index contributed by atoms with van der Waals surface area (Å²) in [5.41, 5.74) is 1.89. The lowest BCUT2D eigenvalue weighted by Gasteiger charge is -2.27. The molecule has 0 unspecified atom stereocenters. The van der Waals surface area contributed by atoms with Crippen molar-refractivity contribution in [2.75, 3.05) is 42.1 Å². The van der Waals surface area contributed by atoms with Crippen molar-refractivity contribution in [2.45, 2.75) is 18.2 Å². The molecule has 0 atom stereocenters. The van der Waals surface area contributed by atoms with Crippen LogP contribution in [0.15, 0.2) is 35.4 Å². The molecule has 25 heavy (non-hydrogen) atoms. The van der Waals surface area contributed by atoms with E-state index in [2.05, 4.69) is 9.97 Å². The number of sulfonamides is 1. The van der Waals surface area contributed by atoms with Crippen molar-refractivity contribution in [3.8, 4) is 0 Å². The minimum absolute atomic E-state index is 0.289. The molecule has 2 aromatic rings. The summed E-state index contributed by atoms with van der Waals surface area (Å²) in [6.45, 7) is 5.01. The first-order chi connectivity index (χ1) is 12.1. The number of morpholine rings is 1. The molecule has 0 radical (unpaired) electrons. The Bertz CT molecular complexity index is 877. The lowest BCUT2D eigenvalue weighted by molar-refractivity contribution is 0.122. The number of aromatic nitrogens is 2. The number of aryl methyl sites for hydroxylation is 1. The van der Waals surface area contributed by atoms with Crippen molar-refractivity contribution in [3.05, 3.63) is 41.6 Å². The van der Waals surface area contributed by atoms with Crippen LogP contribution < -0.4 is 9.21 Å². The molecule has 0 amide bonds. The molecular weight excluding hydrogens is 340 g/mol. The zero-order valence-electron chi connectivity index (χ0n) is 14.1. The normalized spacial score (nSPS) is 17.6. The molecule has 1 saturated heterocycles. The standard InChI is InChI=1S/C17H20N4O3S/c1-13-2-4-15(5-3-13)25(22,23)21-7-6-14-12-18-17(19-16(14)21)20-8-10-24-11-9-20/h2-5,12H,6-11H2,1H3. The van der Waals surface area contributed by atoms with Crippen LogP contribution in [0.5, 0.6) is 0 Å². The summed E-state index contributed by atoms with van der Waals surface area (Å²) in [5, 5.41) is 0. The van der Waals surface area contributed by atoms with Gasteiger partial charge in [-0.25, -0.2) is 17.7 Å². The molecule has 2 aliphatic heterocycles. The smallest absolute Gasteiger partial charge is 0.265 e. The molecule has 0 spiro atoms. The molecule has 7 nitrogen and oxygen atoms in total. The van der Waals surface area contributed by atoms with E-state index in [1.807, 2.05) is 24.0 Å². The van der Waals surface area contributed by atoms with Crippen LogP contribution in [0.25, 0.3) is 0 Å². The third kappa shape index (κ3) is 2.96. The van der Waals surface area contributed by atoms with Crippen molar-refractivity contribution in [1.82, 2.24) is 9.97 Å². The first-order valence-corrected chi connectivity index (χ1v) is 9.78. The highest BCUT2D eigenvalue weighted by atomic mass is 32.2. The van der Waals surface area contributed by atoms with Crippen LogP contribution in [0.4, 0.5) is 11.8 Å². The third-order valence-electron chi connectivity index (χ3n) is 4.55. The van der Waals surface area contributed by atoms with Crippen molar-refractivity contribution in [3.63, 3.8) is 0 Å². The fraction of sp³-hybridized carbons (Fsp3) is 0.412. The number of hydrogen-bond acceptors (Lipinski definition) is 6. The Hall–Kier alpha value is -2.19. The van der Waals surface area contributed by atoms with Gasteiger partial charge in [0.05, 0.1) is 18.1 Å². The van der Waals surface area contributed by atoms with Gasteiger partial charge in [0.15, 0.2) is 5.82 Å². The Balaban J connectivity index is 1.69. The molecule has 0 N–H and O–H groups in total. The Morgan fingerprint density at radius 1 is 1.08 bits per heavy atom. The average molecular weight is 360 g/mol. The highest BCUT2D eigenvalue weighted by molar-refractivity contribution is 7.92. The van der Waals surface area contributed by atoms with Gasteiger partial charge < -0.3 is 9.64 Å². The SMILES string of the molecule is Cc1ccc(S(=O)(=O)N2CCc3cnc(N4CCOCC4)nc32)cc1. The van der Waals surface area contributed by atoms with E-state index in [0.29, 0.717) is 51.0 Å². The van der Waals surface area contributed by atoms with E-state index in [4.69, 9.17) is 4.74 Å². The second-order valence-corrected chi connectivity index (χ2v) is 8.12. The van der Waals surface area contributed by atoms with Gasteiger partial charge in [-0.1, -0.05) is 17.7 Å². The van der Waals surface area contributed by atoms with E-state index in [0.717, 1.165) is 11.1 Å². The molecule has 132 valence electrons. The van der Waals surface area contributed by atoms with Gasteiger partial charge in [-0.15, -0.1) is 0 Å². The van der Waals surface area contributed by atoms with E-state index < -0.39 is 10.0 Å². The highest BCUT2D eigenvalue weighted by Crippen LogP contribution is 2.32. The van der Waals surface area contributed by atoms with Gasteiger partial charge in [0.1, 0.15) is 0 Å². The summed E-state index contributed by atoms with van der Waals surface area (Å²) < 4.78 is 32.8. The second kappa shape index (κ2) is 6.27. The van der Waals surface area contributed by atoms with Crippen LogP contribution in [-0.2, 0) is 21.2 Å². The largest absolute Gasteiger partial charge is 0.378 e. The lowest BCUT2D eigenvalue weighted by Crippen LogP contribution is -2.37. The highest BCUT2D eigenvalue weighted by Gasteiger charge is 2.33. The van der Waals surface area contributed by atoms with E-state index in [9.17, 15) is 8.42 Å². The van der Waals surface area contributed by atoms with Gasteiger partial charge in [0, 0.05) is 31.4 Å². The molecule has 4 rings (SSSR count). The number of benzene rings is 1. The predicted octanol–water partition coefficient (Wildman–Crippen LogP) is 1.37. The van der Waals surface area contributed by atoms with Crippen molar-refractivity contribution >= 4 is 21.8 Å². The Kier molecular flexibility index (Phi) is 4.09. The number of ether oxygens (including phenoxy) is 1. The minimum Gasteiger partial charge on any atom is -0.378 e. The lowest BCUT2D eigenvalue weighted by atomic mass is 10.2. The quantitative estimate of drug-likeness (QED) is 0.823. The molecule has 1 aromatic carbocycles. The monoisotopic (exact) mass is 360 g/mol. The fourth-order valence-electron chi connectivity index (χ4n) is 3.10. The molecule has 1 aromatic heterocycles. The fourth-order valence-corrected chi connectivity index (χ4v) is 4.55. The molecule has 0 saturated carbocycles. The zero-order valence-corrected chi connectivity index (χ0v) is 14.9. The first-order valence-electron chi connectivity index (χ1n) is 8.34. The molecule has 2 aliphatic rings. The number of rotatable bonds is 3. The summed E-state index contributed by atoms with van der Waals surface area (Å²) in [5.74, 6) is 1.06. The van der Waals surface area contributed by atoms with Crippen LogP contribution in [0, 0.1) is 6.92 Å². The Morgan fingerprint density at radius 3 is 2.52 bits per heavy atom. The number of nitrogens with zero attached hydrogens (tertiary/aromatic N) is 4. The number of anilines is 2. The first kappa shape index (κ1) is 16.3. The van der Waals surface area contributed by atoms with Gasteiger partial charge in [0.25, 0.3) is 10.0 Å². The van der Waals surface area contributed by atoms with Crippen LogP contribution in [0.3, 0.4) is 0 Å². The summed E-state index contributed by atoms with van der Waals surface area (Å²) in [4.78, 5) is 11.3. The van der Waals surface area contributed by atoms with Gasteiger partial charge in [-0.05, 0) is 25.5 Å². The summed E-state index contributed by atoms with van der Waals surface area (Å²) in [6, 6.07) is 6.91. The summed E-state index contributed by atoms with van der Waals surface area (Å²) in [6.07, 6.45) is 2.38. The van der Waals surface area contributed by atoms with E-state index in [1.54, 1.807) is 18.3 Å². The van der Waals surface area contributed by atoms with Crippen LogP contribution in [0.1, 0.15) is 11.1 Å². The maximum atomic E-state index is 13.0. The topological polar surface area (TPSA) is 75.6 Å². The second-order valence-electron chi connectivity index (χ2n) is 6.26. The van der Waals surface area contributed by atoms with Gasteiger partial charge >= 0.3 is 0 Å². The summed E-state index contributed by atoms with van der Waals surface area (Å²) in [7, 11) is -3.62. The average Bonchev–Trinajstić information content (AvgIpc) is 3.07. The third-order valence-corrected chi connectivity index (χ3v) is 6.36. The van der Waals surface area contributed by atoms with Crippen molar-refractivity contribution < 1.29 is 13.2 Å². The Morgan fingerprint density at radius 2 is 1.80 bits per heavy atom. The predicted molar refractivity (Wildman–Crippen MR) is 94.5 cm³/mol. The van der Waals surface area contributed by atoms with E-state index in [1.165, 1.54) is 4.31 Å². The van der Waals surface area contributed by atoms with Gasteiger partial charge in [-0.3, -0.25) is 0 Å². The van der Waals surface area contributed by atoms with Crippen molar-refractivity contribution in [1.29, 1.82) is 0 Å². The van der Waals surface area contributed by atoms with E-state index >= 15 is 0 Å². The zero-order chi connectivity index (χ0) is 17.4. The molecule has 8 heteroatoms. The maximum absolute atomic E-state index is 13.0. The maximum Gasteiger partial charge on any atom is 0.265 e. The molecule has 3 heterocycles. The van der Waals surface area contributed by atoms with Crippen molar-refractivity contribution in [2.24, 2.45) is 0 Å². The molecule has 0 aliphatic carbocycles. The molecule has 1 fully saturated rings. The molecule has 0 bridgehead atoms. The van der Waals surface area contributed by atoms with E-state index in [-0.39, 0.29) is 4.90 Å². The molecular formula is C17H20N4O3S. The van der Waals surface area contributed by atoms with Gasteiger partial charge in [-0.2, -0.15) is 4.98 Å². The Labute approximate surface area is 147 Å². The van der Waals surface area contributed by atoms with Crippen LogP contribution in [0.2, 0.25) is 0 Å². The van der Waals surface area contributed by atoms with Gasteiger partial charge in [0.2, 0.25) is 5.95 Å². The summed E-state index contributed by atoms with van der Waals surface area (Å²) >= 11 is 0.